The third-order valence-corrected chi connectivity index (χ3v) is 7.50. The number of nitrogens with zero attached hydrogens (tertiary/aromatic N) is 1. The Balaban J connectivity index is 0.000000179. The van der Waals surface area contributed by atoms with E-state index >= 15 is 0 Å². The van der Waals surface area contributed by atoms with Gasteiger partial charge in [0.25, 0.3) is 0 Å². The van der Waals surface area contributed by atoms with Crippen LogP contribution >= 0.6 is 16.4 Å². The summed E-state index contributed by atoms with van der Waals surface area (Å²) < 4.78 is 49.6. The van der Waals surface area contributed by atoms with E-state index in [1.54, 1.807) is 24.4 Å². The maximum Gasteiger partial charge on any atom is 3.00 e. The first-order valence-electron chi connectivity index (χ1n) is 12.1. The van der Waals surface area contributed by atoms with Gasteiger partial charge in [-0.05, 0) is 36.0 Å². The van der Waals surface area contributed by atoms with E-state index in [2.05, 4.69) is 89.4 Å². The fourth-order valence-electron chi connectivity index (χ4n) is 3.47. The molecule has 0 bridgehead atoms. The van der Waals surface area contributed by atoms with Crippen LogP contribution in [0.4, 0.5) is 17.6 Å². The van der Waals surface area contributed by atoms with E-state index in [0.717, 1.165) is 46.7 Å². The van der Waals surface area contributed by atoms with Crippen LogP contribution in [-0.2, 0) is 20.1 Å². The van der Waals surface area contributed by atoms with Crippen molar-refractivity contribution in [2.45, 2.75) is 0 Å². The molecule has 3 aromatic carbocycles. The summed E-state index contributed by atoms with van der Waals surface area (Å²) in [5.74, 6) is 1.96. The predicted molar refractivity (Wildman–Crippen MR) is 158 cm³/mol. The molecule has 3 heterocycles. The topological polar surface area (TPSA) is 12.9 Å². The summed E-state index contributed by atoms with van der Waals surface area (Å²) in [6.45, 7) is 0. The number of hydrogen-bond donors (Lipinski definition) is 0. The van der Waals surface area contributed by atoms with E-state index in [-0.39, 0.29) is 25.7 Å². The second-order valence-electron chi connectivity index (χ2n) is 8.16. The maximum atomic E-state index is 13.2. The average Bonchev–Trinajstić information content (AvgIpc) is 2.99. The normalized spacial score (nSPS) is 10.1. The number of aromatic nitrogens is 1. The van der Waals surface area contributed by atoms with Crippen molar-refractivity contribution in [1.82, 2.24) is 4.98 Å². The van der Waals surface area contributed by atoms with Crippen molar-refractivity contribution in [3.05, 3.63) is 162 Å². The summed E-state index contributed by atoms with van der Waals surface area (Å²) in [6.07, 6.45) is 1.55. The van der Waals surface area contributed by atoms with Gasteiger partial charge in [0.05, 0.1) is 27.0 Å². The standard InChI is InChI=1S/C16H11P2.C11H6F2N.C6H3F2.Ir/c1-3-10-17-15(8-1)13-6-5-7-14(12-13)16-9-2-4-11-18-16;12-8-4-5-9(10(13)7-8)11-3-1-2-6-14-11;7-5-2-1-3-6(8)4-5;/h1-11H;1-4,6-7H;2-4H;/q3*-1;+3/p+2. The van der Waals surface area contributed by atoms with Crippen LogP contribution in [0.2, 0.25) is 0 Å². The zero-order valence-electron chi connectivity index (χ0n) is 21.3. The molecule has 6 rings (SSSR count). The zero-order chi connectivity index (χ0) is 28.2. The molecule has 3 aromatic heterocycles. The fourth-order valence-corrected chi connectivity index (χ4v) is 5.23. The van der Waals surface area contributed by atoms with E-state index in [9.17, 15) is 17.6 Å². The SMILES string of the molecule is Fc1c[c-]c(-c2ccccn2)c(F)c1.Fc1c[c-]cc(F)c1.[Ir+3].[c-]1c(-c2cccc[pH+]2)cccc1-c1cccc[pH+]1. The first-order chi connectivity index (χ1) is 19.5. The van der Waals surface area contributed by atoms with Gasteiger partial charge in [-0.1, -0.05) is 47.0 Å². The Morgan fingerprint density at radius 2 is 1.20 bits per heavy atom. The largest absolute Gasteiger partial charge is 3.00 e. The predicted octanol–water partition coefficient (Wildman–Crippen LogP) is 10.0. The van der Waals surface area contributed by atoms with Gasteiger partial charge in [-0.15, -0.1) is 54.6 Å². The van der Waals surface area contributed by atoms with Crippen LogP contribution in [0.15, 0.2) is 121 Å². The summed E-state index contributed by atoms with van der Waals surface area (Å²) in [6, 6.07) is 37.6. The molecule has 0 amide bonds. The molecule has 0 fully saturated rings. The molecular weight excluding hydrogens is 741 g/mol. The minimum absolute atomic E-state index is 0. The molecule has 2 unspecified atom stereocenters. The van der Waals surface area contributed by atoms with Gasteiger partial charge in [0, 0.05) is 29.5 Å². The first kappa shape index (κ1) is 32.0. The monoisotopic (exact) mass is 763 g/mol. The smallest absolute Gasteiger partial charge is 0.305 e. The van der Waals surface area contributed by atoms with E-state index in [1.165, 1.54) is 21.7 Å². The summed E-state index contributed by atoms with van der Waals surface area (Å²) in [4.78, 5) is 3.95. The van der Waals surface area contributed by atoms with E-state index < -0.39 is 23.3 Å². The molecular formula is C33H22F4IrNP2+2. The molecule has 204 valence electrons. The Bertz CT molecular complexity index is 1570. The Morgan fingerprint density at radius 1 is 0.610 bits per heavy atom. The summed E-state index contributed by atoms with van der Waals surface area (Å²) in [5.41, 5.74) is 3.09. The summed E-state index contributed by atoms with van der Waals surface area (Å²) >= 11 is 0. The van der Waals surface area contributed by atoms with Gasteiger partial charge in [-0.2, -0.15) is 6.07 Å². The average molecular weight is 763 g/mol. The Morgan fingerprint density at radius 3 is 1.66 bits per heavy atom. The van der Waals surface area contributed by atoms with Gasteiger partial charge in [0.1, 0.15) is 11.6 Å². The van der Waals surface area contributed by atoms with E-state index in [1.807, 2.05) is 0 Å². The molecule has 6 aromatic rings. The van der Waals surface area contributed by atoms with Crippen LogP contribution in [-0.4, -0.2) is 4.98 Å². The minimum atomic E-state index is -0.649. The molecule has 2 atom stereocenters. The van der Waals surface area contributed by atoms with Gasteiger partial charge in [0.15, 0.2) is 0 Å². The van der Waals surface area contributed by atoms with Gasteiger partial charge in [-0.25, -0.2) is 0 Å². The van der Waals surface area contributed by atoms with Crippen LogP contribution in [0.5, 0.6) is 0 Å². The van der Waals surface area contributed by atoms with Gasteiger partial charge >= 0.3 is 20.1 Å². The molecule has 0 aliphatic carbocycles. The van der Waals surface area contributed by atoms with Crippen molar-refractivity contribution in [2.24, 2.45) is 0 Å². The third kappa shape index (κ3) is 10.1. The van der Waals surface area contributed by atoms with Crippen molar-refractivity contribution in [1.29, 1.82) is 0 Å². The van der Waals surface area contributed by atoms with Crippen LogP contribution < -0.4 is 0 Å². The maximum absolute atomic E-state index is 13.2. The van der Waals surface area contributed by atoms with Crippen molar-refractivity contribution in [2.75, 3.05) is 0 Å². The molecule has 1 nitrogen and oxygen atoms in total. The molecule has 0 saturated heterocycles. The molecule has 0 saturated carbocycles. The Labute approximate surface area is 253 Å². The minimum Gasteiger partial charge on any atom is -0.305 e. The molecule has 8 heteroatoms. The zero-order valence-corrected chi connectivity index (χ0v) is 25.7. The van der Waals surface area contributed by atoms with Crippen LogP contribution in [0.1, 0.15) is 0 Å². The molecule has 41 heavy (non-hydrogen) atoms. The molecule has 0 radical (unpaired) electrons. The number of pyridine rings is 1. The van der Waals surface area contributed by atoms with Crippen LogP contribution in [0, 0.1) is 41.5 Å². The van der Waals surface area contributed by atoms with Gasteiger partial charge < -0.3 is 4.98 Å². The second kappa shape index (κ2) is 16.7. The molecule has 0 spiro atoms. The van der Waals surface area contributed by atoms with Crippen molar-refractivity contribution in [3.63, 3.8) is 0 Å². The van der Waals surface area contributed by atoms with Gasteiger partial charge in [0.2, 0.25) is 0 Å². The third-order valence-electron chi connectivity index (χ3n) is 5.29. The molecule has 0 aliphatic heterocycles. The number of hydrogen-bond acceptors (Lipinski definition) is 1. The van der Waals surface area contributed by atoms with Gasteiger partial charge in [-0.3, -0.25) is 17.6 Å². The Hall–Kier alpha value is -3.52. The number of benzene rings is 3. The van der Waals surface area contributed by atoms with Crippen molar-refractivity contribution >= 4 is 16.4 Å². The summed E-state index contributed by atoms with van der Waals surface area (Å²) in [5, 5.41) is 2.75. The van der Waals surface area contributed by atoms with E-state index in [4.69, 9.17) is 0 Å². The summed E-state index contributed by atoms with van der Waals surface area (Å²) in [7, 11) is 1.51. The number of rotatable bonds is 3. The van der Waals surface area contributed by atoms with Crippen LogP contribution in [0.3, 0.4) is 0 Å². The number of halogens is 4. The fraction of sp³-hybridized carbons (Fsp3) is 0. The Kier molecular flexibility index (Phi) is 13.0. The van der Waals surface area contributed by atoms with Crippen molar-refractivity contribution in [3.8, 4) is 33.0 Å². The van der Waals surface area contributed by atoms with E-state index in [0.29, 0.717) is 5.69 Å². The quantitative estimate of drug-likeness (QED) is 0.129. The first-order valence-corrected chi connectivity index (χ1v) is 14.2. The van der Waals surface area contributed by atoms with Crippen LogP contribution in [0.25, 0.3) is 33.0 Å². The second-order valence-corrected chi connectivity index (χ2v) is 10.5. The molecule has 0 aliphatic rings. The molecule has 0 N–H and O–H groups in total. The van der Waals surface area contributed by atoms with Crippen molar-refractivity contribution < 1.29 is 37.7 Å².